The molecule has 0 aliphatic heterocycles. The van der Waals surface area contributed by atoms with Gasteiger partial charge in [-0.1, -0.05) is 84.9 Å². The molecular formula is C45H25N5. The molecule has 2 heterocycles. The third-order valence-electron chi connectivity index (χ3n) is 9.59. The number of nitriles is 2. The quantitative estimate of drug-likeness (QED) is 0.181. The molecule has 7 aromatic carbocycles. The van der Waals surface area contributed by atoms with E-state index in [1.165, 1.54) is 10.8 Å². The number of nitrogens with zero attached hydrogens (tertiary/aromatic N) is 5. The Bertz CT molecular complexity index is 2850. The molecule has 5 heteroatoms. The monoisotopic (exact) mass is 635 g/mol. The highest BCUT2D eigenvalue weighted by atomic mass is 15.0. The predicted molar refractivity (Wildman–Crippen MR) is 202 cm³/mol. The van der Waals surface area contributed by atoms with Crippen LogP contribution in [-0.4, -0.2) is 9.13 Å². The van der Waals surface area contributed by atoms with Crippen LogP contribution in [0.25, 0.3) is 82.1 Å². The molecule has 2 aromatic heterocycles. The van der Waals surface area contributed by atoms with Gasteiger partial charge in [-0.05, 0) is 83.4 Å². The molecule has 0 unspecified atom stereocenters. The van der Waals surface area contributed by atoms with Gasteiger partial charge in [0.05, 0.1) is 51.9 Å². The summed E-state index contributed by atoms with van der Waals surface area (Å²) >= 11 is 0. The van der Waals surface area contributed by atoms with Crippen molar-refractivity contribution in [2.45, 2.75) is 0 Å². The zero-order chi connectivity index (χ0) is 33.8. The van der Waals surface area contributed by atoms with Gasteiger partial charge in [-0.3, -0.25) is 0 Å². The maximum Gasteiger partial charge on any atom is 0.189 e. The van der Waals surface area contributed by atoms with E-state index >= 15 is 0 Å². The predicted octanol–water partition coefficient (Wildman–Crippen LogP) is 11.5. The van der Waals surface area contributed by atoms with E-state index in [-0.39, 0.29) is 0 Å². The van der Waals surface area contributed by atoms with Gasteiger partial charge in [0.25, 0.3) is 0 Å². The molecule has 0 N–H and O–H groups in total. The molecule has 0 radical (unpaired) electrons. The van der Waals surface area contributed by atoms with Gasteiger partial charge in [0.15, 0.2) is 5.69 Å². The van der Waals surface area contributed by atoms with Gasteiger partial charge in [0.2, 0.25) is 0 Å². The van der Waals surface area contributed by atoms with Crippen LogP contribution in [0.15, 0.2) is 152 Å². The van der Waals surface area contributed by atoms with Crippen LogP contribution in [0.5, 0.6) is 0 Å². The lowest BCUT2D eigenvalue weighted by Gasteiger charge is -2.18. The van der Waals surface area contributed by atoms with Crippen molar-refractivity contribution < 1.29 is 0 Å². The zero-order valence-electron chi connectivity index (χ0n) is 26.7. The lowest BCUT2D eigenvalue weighted by molar-refractivity contribution is 1.18. The van der Waals surface area contributed by atoms with Crippen molar-refractivity contribution >= 4 is 49.3 Å². The molecule has 50 heavy (non-hydrogen) atoms. The Hall–Kier alpha value is -7.39. The van der Waals surface area contributed by atoms with Gasteiger partial charge in [0, 0.05) is 38.5 Å². The van der Waals surface area contributed by atoms with Crippen LogP contribution in [0, 0.1) is 29.2 Å². The molecule has 0 aliphatic carbocycles. The Labute approximate surface area is 288 Å². The van der Waals surface area contributed by atoms with Crippen molar-refractivity contribution in [3.05, 3.63) is 174 Å². The fourth-order valence-electron chi connectivity index (χ4n) is 7.41. The molecule has 5 nitrogen and oxygen atoms in total. The number of hydrogen-bond donors (Lipinski definition) is 0. The largest absolute Gasteiger partial charge is 0.310 e. The van der Waals surface area contributed by atoms with Gasteiger partial charge in [-0.15, -0.1) is 0 Å². The van der Waals surface area contributed by atoms with E-state index in [9.17, 15) is 10.5 Å². The van der Waals surface area contributed by atoms with Crippen molar-refractivity contribution in [3.63, 3.8) is 0 Å². The van der Waals surface area contributed by atoms with Crippen LogP contribution in [0.3, 0.4) is 0 Å². The minimum absolute atomic E-state index is 0.574. The van der Waals surface area contributed by atoms with E-state index < -0.39 is 0 Å². The summed E-state index contributed by atoms with van der Waals surface area (Å²) in [6.45, 7) is 7.88. The Morgan fingerprint density at radius 3 is 1.66 bits per heavy atom. The standard InChI is InChI=1S/C45H25N5/c1-48-32-19-20-38(45(26-32)50-41-15-6-4-13-36(41)37-14-5-7-16-42(37)50)35-12-3-2-11-34(35)31-9-8-10-33(25-31)49-43-21-17-29(27-46)23-39(43)40-24-30(28-47)18-22-44(40)49/h2-26H. The minimum atomic E-state index is 0.574. The summed E-state index contributed by atoms with van der Waals surface area (Å²) in [6.07, 6.45) is 0. The highest BCUT2D eigenvalue weighted by Gasteiger charge is 2.19. The van der Waals surface area contributed by atoms with Crippen molar-refractivity contribution in [1.29, 1.82) is 10.5 Å². The molecule has 9 aromatic rings. The van der Waals surface area contributed by atoms with E-state index in [0.717, 1.165) is 66.5 Å². The summed E-state index contributed by atoms with van der Waals surface area (Å²) in [5.74, 6) is 0. The molecule has 0 aliphatic rings. The van der Waals surface area contributed by atoms with Crippen molar-refractivity contribution in [3.8, 4) is 45.8 Å². The average Bonchev–Trinajstić information content (AvgIpc) is 3.69. The molecule has 0 amide bonds. The van der Waals surface area contributed by atoms with Crippen LogP contribution in [-0.2, 0) is 0 Å². The number of para-hydroxylation sites is 2. The maximum absolute atomic E-state index is 9.66. The SMILES string of the molecule is [C-]#[N+]c1ccc(-c2ccccc2-c2cccc(-n3c4ccc(C#N)cc4c4cc(C#N)ccc43)c2)c(-n2c3ccccc3c3ccccc32)c1. The lowest BCUT2D eigenvalue weighted by Crippen LogP contribution is -1.98. The fraction of sp³-hybridized carbons (Fsp3) is 0. The first kappa shape index (κ1) is 28.8. The zero-order valence-corrected chi connectivity index (χ0v) is 26.7. The number of fused-ring (bicyclic) bond motifs is 6. The van der Waals surface area contributed by atoms with Crippen LogP contribution < -0.4 is 0 Å². The Morgan fingerprint density at radius 2 is 1.04 bits per heavy atom. The van der Waals surface area contributed by atoms with Crippen LogP contribution in [0.1, 0.15) is 11.1 Å². The molecule has 0 bridgehead atoms. The number of benzene rings is 7. The first-order valence-electron chi connectivity index (χ1n) is 16.3. The summed E-state index contributed by atoms with van der Waals surface area (Å²) in [5, 5.41) is 23.5. The highest BCUT2D eigenvalue weighted by molar-refractivity contribution is 6.11. The van der Waals surface area contributed by atoms with Gasteiger partial charge in [-0.25, -0.2) is 4.85 Å². The minimum Gasteiger partial charge on any atom is -0.310 e. The first-order valence-corrected chi connectivity index (χ1v) is 16.3. The lowest BCUT2D eigenvalue weighted by atomic mass is 9.93. The normalized spacial score (nSPS) is 11.1. The smallest absolute Gasteiger partial charge is 0.189 e. The Balaban J connectivity index is 1.27. The van der Waals surface area contributed by atoms with Crippen LogP contribution >= 0.6 is 0 Å². The van der Waals surface area contributed by atoms with Gasteiger partial charge >= 0.3 is 0 Å². The maximum atomic E-state index is 9.66. The molecule has 230 valence electrons. The summed E-state index contributed by atoms with van der Waals surface area (Å²) in [4.78, 5) is 3.83. The van der Waals surface area contributed by atoms with E-state index in [1.54, 1.807) is 0 Å². The van der Waals surface area contributed by atoms with Gasteiger partial charge < -0.3 is 9.13 Å². The summed E-state index contributed by atoms with van der Waals surface area (Å²) in [7, 11) is 0. The first-order chi connectivity index (χ1) is 24.7. The number of rotatable bonds is 4. The summed E-state index contributed by atoms with van der Waals surface area (Å²) < 4.78 is 4.48. The molecule has 0 spiro atoms. The van der Waals surface area contributed by atoms with Crippen LogP contribution in [0.2, 0.25) is 0 Å². The van der Waals surface area contributed by atoms with Gasteiger partial charge in [-0.2, -0.15) is 10.5 Å². The molecule has 0 saturated heterocycles. The average molecular weight is 636 g/mol. The van der Waals surface area contributed by atoms with E-state index in [4.69, 9.17) is 6.57 Å². The summed E-state index contributed by atoms with van der Waals surface area (Å²) in [5.41, 5.74) is 11.9. The van der Waals surface area contributed by atoms with E-state index in [2.05, 4.69) is 129 Å². The third-order valence-corrected chi connectivity index (χ3v) is 9.59. The van der Waals surface area contributed by atoms with Gasteiger partial charge in [0.1, 0.15) is 0 Å². The molecule has 0 fully saturated rings. The van der Waals surface area contributed by atoms with Crippen molar-refractivity contribution in [1.82, 2.24) is 9.13 Å². The molecule has 9 rings (SSSR count). The topological polar surface area (TPSA) is 61.8 Å². The third kappa shape index (κ3) is 4.38. The second-order valence-electron chi connectivity index (χ2n) is 12.3. The molecule has 0 atom stereocenters. The number of aromatic nitrogens is 2. The Morgan fingerprint density at radius 1 is 0.460 bits per heavy atom. The number of hydrogen-bond acceptors (Lipinski definition) is 2. The molecular weight excluding hydrogens is 611 g/mol. The summed E-state index contributed by atoms with van der Waals surface area (Å²) in [6, 6.07) is 55.7. The van der Waals surface area contributed by atoms with E-state index in [1.807, 2.05) is 48.5 Å². The fourth-order valence-corrected chi connectivity index (χ4v) is 7.41. The molecule has 0 saturated carbocycles. The van der Waals surface area contributed by atoms with E-state index in [0.29, 0.717) is 16.8 Å². The second-order valence-corrected chi connectivity index (χ2v) is 12.3. The highest BCUT2D eigenvalue weighted by Crippen LogP contribution is 2.42. The Kier molecular flexibility index (Phi) is 6.56. The van der Waals surface area contributed by atoms with Crippen molar-refractivity contribution in [2.24, 2.45) is 0 Å². The van der Waals surface area contributed by atoms with Crippen LogP contribution in [0.4, 0.5) is 5.69 Å². The van der Waals surface area contributed by atoms with Crippen molar-refractivity contribution in [2.75, 3.05) is 0 Å². The second kappa shape index (κ2) is 11.4.